The van der Waals surface area contributed by atoms with Crippen LogP contribution in [0.2, 0.25) is 0 Å². The zero-order chi connectivity index (χ0) is 63.2. The lowest BCUT2D eigenvalue weighted by Gasteiger charge is -2.51. The fourth-order valence-electron chi connectivity index (χ4n) is 11.5. The van der Waals surface area contributed by atoms with Gasteiger partial charge in [0, 0.05) is 24.7 Å². The molecule has 0 aromatic carbocycles. The Morgan fingerprint density at radius 2 is 1.03 bits per heavy atom. The number of rotatable bonds is 37. The van der Waals surface area contributed by atoms with Gasteiger partial charge in [-0.2, -0.15) is 0 Å². The Morgan fingerprint density at radius 1 is 0.523 bits per heavy atom. The van der Waals surface area contributed by atoms with Crippen molar-refractivity contribution in [1.29, 1.82) is 0 Å². The van der Waals surface area contributed by atoms with E-state index in [1.807, 2.05) is 13.0 Å². The quantitative estimate of drug-likeness (QED) is 0.0219. The standard InChI is InChI=1S/C58H105NO27/c1-5-7-9-10-11-12-13-14-15-16-17-18-20-21-33(65)32(59-40(68)22-19-8-6-2)29-77-56-48(75)46(73)52(38(27-63)80-56)85-58-49(76)54(83-41-23-34(66)30(3)50(82-41)42(69)35(67)24-60)53(39(28-64)81-58)86-55-31(4)51(44(71)37(26-62)78-55)84-57-47(74)45(72)43(70)36(25-61)79-57/h20-21,30-39,41-58,60-67,69-76H,5-19,22-29H2,1-4H3,(H,59,68)/b21-20+/t30-,31?,32+,33-,34-,35-,36?,37?,38?,39?,41?,42-,43+,44+,45+,46-,47?,48?,49?,50?,51-,52-,53+,54-,55+,56-,57+,58+/m1/s1. The highest BCUT2D eigenvalue weighted by Crippen LogP contribution is 2.39. The number of hydrogen-bond donors (Lipinski definition) is 17. The molecule has 1 amide bonds. The van der Waals surface area contributed by atoms with Gasteiger partial charge in [-0.15, -0.1) is 0 Å². The van der Waals surface area contributed by atoms with Crippen molar-refractivity contribution in [3.05, 3.63) is 12.2 Å². The van der Waals surface area contributed by atoms with E-state index in [4.69, 9.17) is 47.4 Å². The van der Waals surface area contributed by atoms with Crippen LogP contribution in [0.1, 0.15) is 137 Å². The smallest absolute Gasteiger partial charge is 0.220 e. The van der Waals surface area contributed by atoms with Crippen molar-refractivity contribution in [2.24, 2.45) is 11.8 Å². The molecular weight excluding hydrogens is 1140 g/mol. The zero-order valence-electron chi connectivity index (χ0n) is 50.2. The summed E-state index contributed by atoms with van der Waals surface area (Å²) in [7, 11) is 0. The van der Waals surface area contributed by atoms with E-state index >= 15 is 0 Å². The van der Waals surface area contributed by atoms with Crippen LogP contribution < -0.4 is 5.32 Å². The summed E-state index contributed by atoms with van der Waals surface area (Å²) in [5.41, 5.74) is 0. The van der Waals surface area contributed by atoms with Crippen LogP contribution in [0.5, 0.6) is 0 Å². The lowest BCUT2D eigenvalue weighted by atomic mass is 9.87. The molecule has 0 aromatic rings. The second-order valence-electron chi connectivity index (χ2n) is 23.7. The molecule has 28 nitrogen and oxygen atoms in total. The van der Waals surface area contributed by atoms with Crippen LogP contribution in [0.4, 0.5) is 0 Å². The van der Waals surface area contributed by atoms with Gasteiger partial charge in [0.2, 0.25) is 5.91 Å². The highest BCUT2D eigenvalue weighted by Gasteiger charge is 2.57. The van der Waals surface area contributed by atoms with E-state index < -0.39 is 211 Å². The van der Waals surface area contributed by atoms with Crippen LogP contribution in [0.3, 0.4) is 0 Å². The van der Waals surface area contributed by atoms with Crippen LogP contribution in [0.15, 0.2) is 12.2 Å². The first-order chi connectivity index (χ1) is 41.2. The number of hydrogen-bond acceptors (Lipinski definition) is 27. The highest BCUT2D eigenvalue weighted by molar-refractivity contribution is 5.76. The predicted molar refractivity (Wildman–Crippen MR) is 299 cm³/mol. The van der Waals surface area contributed by atoms with Crippen molar-refractivity contribution in [2.75, 3.05) is 39.6 Å². The fourth-order valence-corrected chi connectivity index (χ4v) is 11.5. The largest absolute Gasteiger partial charge is 0.394 e. The van der Waals surface area contributed by atoms with Gasteiger partial charge in [0.1, 0.15) is 97.7 Å². The van der Waals surface area contributed by atoms with Gasteiger partial charge in [0.25, 0.3) is 0 Å². The first kappa shape index (κ1) is 74.9. The van der Waals surface area contributed by atoms with E-state index in [0.717, 1.165) is 32.1 Å². The third-order valence-electron chi connectivity index (χ3n) is 17.1. The van der Waals surface area contributed by atoms with Crippen molar-refractivity contribution >= 4 is 5.91 Å². The van der Waals surface area contributed by atoms with E-state index in [1.54, 1.807) is 6.08 Å². The molecule has 0 bridgehead atoms. The van der Waals surface area contributed by atoms with Gasteiger partial charge in [0.05, 0.1) is 70.1 Å². The molecule has 5 aliphatic heterocycles. The van der Waals surface area contributed by atoms with E-state index in [0.29, 0.717) is 12.8 Å². The summed E-state index contributed by atoms with van der Waals surface area (Å²) in [6.45, 7) is 2.27. The third-order valence-corrected chi connectivity index (χ3v) is 17.1. The summed E-state index contributed by atoms with van der Waals surface area (Å²) in [6, 6.07) is -1.04. The number of carbonyl (C=O) groups is 1. The van der Waals surface area contributed by atoms with Crippen LogP contribution in [0, 0.1) is 11.8 Å². The maximum atomic E-state index is 13.1. The first-order valence-electron chi connectivity index (χ1n) is 31.2. The molecule has 504 valence electrons. The molecular formula is C58H105NO27. The third kappa shape index (κ3) is 20.8. The highest BCUT2D eigenvalue weighted by atomic mass is 16.8. The molecule has 10 unspecified atom stereocenters. The van der Waals surface area contributed by atoms with Gasteiger partial charge in [-0.05, 0) is 19.3 Å². The lowest BCUT2D eigenvalue weighted by Crippen LogP contribution is -2.67. The molecule has 5 fully saturated rings. The maximum Gasteiger partial charge on any atom is 0.220 e. The topological polar surface area (TPSA) is 445 Å². The molecule has 0 radical (unpaired) electrons. The molecule has 0 spiro atoms. The number of unbranched alkanes of at least 4 members (excludes halogenated alkanes) is 13. The Balaban J connectivity index is 1.33. The molecule has 28 atom stereocenters. The van der Waals surface area contributed by atoms with Crippen LogP contribution in [-0.4, -0.2) is 287 Å². The van der Waals surface area contributed by atoms with Crippen molar-refractivity contribution in [1.82, 2.24) is 5.32 Å². The minimum atomic E-state index is -2.10. The van der Waals surface area contributed by atoms with Crippen molar-refractivity contribution in [2.45, 2.75) is 296 Å². The summed E-state index contributed by atoms with van der Waals surface area (Å²) < 4.78 is 60.3. The Bertz CT molecular complexity index is 1880. The fraction of sp³-hybridized carbons (Fsp3) is 0.948. The molecule has 0 saturated carbocycles. The Hall–Kier alpha value is -1.83. The second-order valence-corrected chi connectivity index (χ2v) is 23.7. The maximum absolute atomic E-state index is 13.1. The zero-order valence-corrected chi connectivity index (χ0v) is 50.2. The van der Waals surface area contributed by atoms with E-state index in [1.165, 1.54) is 65.2 Å². The molecule has 28 heteroatoms. The average Bonchev–Trinajstić information content (AvgIpc) is 1.81. The van der Waals surface area contributed by atoms with Crippen molar-refractivity contribution in [3.8, 4) is 0 Å². The van der Waals surface area contributed by atoms with Crippen LogP contribution in [-0.2, 0) is 52.2 Å². The monoisotopic (exact) mass is 1250 g/mol. The Labute approximate surface area is 503 Å². The van der Waals surface area contributed by atoms with Gasteiger partial charge >= 0.3 is 0 Å². The number of allylic oxidation sites excluding steroid dienone is 1. The molecule has 5 aliphatic rings. The number of ether oxygens (including phenoxy) is 10. The Kier molecular flexibility index (Phi) is 33.3. The van der Waals surface area contributed by atoms with E-state index in [-0.39, 0.29) is 18.7 Å². The van der Waals surface area contributed by atoms with Gasteiger partial charge < -0.3 is 134 Å². The van der Waals surface area contributed by atoms with Crippen LogP contribution >= 0.6 is 0 Å². The minimum absolute atomic E-state index is 0.177. The van der Waals surface area contributed by atoms with Crippen LogP contribution in [0.25, 0.3) is 0 Å². The summed E-state index contributed by atoms with van der Waals surface area (Å²) in [5.74, 6) is -2.38. The number of amides is 1. The van der Waals surface area contributed by atoms with Gasteiger partial charge in [-0.25, -0.2) is 0 Å². The molecule has 0 aromatic heterocycles. The Morgan fingerprint density at radius 3 is 1.65 bits per heavy atom. The number of nitrogens with one attached hydrogen (secondary N) is 1. The number of aliphatic hydroxyl groups excluding tert-OH is 16. The molecule has 5 saturated heterocycles. The SMILES string of the molecule is CCCCCCCCCCCCC/C=C/[C@@H](O)[C@H](CO[C@@H]1OC(CO)[C@@H](O[C@@H]2OC(CO)[C@H](O[C@@H]3OC(CO)[C@H](O)[C@H](O[C@@H]4OC(CO)[C@H](O)[C@H](O)C4O)C3C)[C@H](OC3C[C@@H](O)[C@@H](C)C([C@H](O)[C@H](O)CO)O3)C2O)[C@H](O)C1O)NC(=O)CCCCC. The number of aliphatic hydroxyl groups is 16. The molecule has 5 heterocycles. The molecule has 17 N–H and O–H groups in total. The average molecular weight is 1250 g/mol. The van der Waals surface area contributed by atoms with Crippen molar-refractivity contribution < 1.29 is 134 Å². The molecule has 5 rings (SSSR count). The lowest BCUT2D eigenvalue weighted by molar-refractivity contribution is -0.396. The summed E-state index contributed by atoms with van der Waals surface area (Å²) in [5, 5.41) is 177. The summed E-state index contributed by atoms with van der Waals surface area (Å²) >= 11 is 0. The minimum Gasteiger partial charge on any atom is -0.394 e. The first-order valence-corrected chi connectivity index (χ1v) is 31.2. The van der Waals surface area contributed by atoms with E-state index in [9.17, 15) is 86.5 Å². The van der Waals surface area contributed by atoms with Gasteiger partial charge in [-0.3, -0.25) is 4.79 Å². The van der Waals surface area contributed by atoms with Gasteiger partial charge in [-0.1, -0.05) is 117 Å². The summed E-state index contributed by atoms with van der Waals surface area (Å²) in [4.78, 5) is 13.1. The predicted octanol–water partition coefficient (Wildman–Crippen LogP) is -2.92. The molecule has 0 aliphatic carbocycles. The normalized spacial score (nSPS) is 39.5. The summed E-state index contributed by atoms with van der Waals surface area (Å²) in [6.07, 6.45) is -23.1. The number of carbonyl (C=O) groups excluding carboxylic acids is 1. The van der Waals surface area contributed by atoms with Crippen molar-refractivity contribution in [3.63, 3.8) is 0 Å². The van der Waals surface area contributed by atoms with Gasteiger partial charge in [0.15, 0.2) is 31.5 Å². The van der Waals surface area contributed by atoms with E-state index in [2.05, 4.69) is 12.2 Å². The second kappa shape index (κ2) is 38.2. The molecule has 86 heavy (non-hydrogen) atoms.